The highest BCUT2D eigenvalue weighted by atomic mass is 32.1. The van der Waals surface area contributed by atoms with Gasteiger partial charge in [0.05, 0.1) is 22.9 Å². The van der Waals surface area contributed by atoms with Gasteiger partial charge in [-0.05, 0) is 43.9 Å². The molecule has 1 aliphatic carbocycles. The molecule has 2 N–H and O–H groups in total. The second kappa shape index (κ2) is 7.97. The molecular weight excluding hydrogens is 372 g/mol. The normalized spacial score (nSPS) is 24.9. The molecule has 1 amide bonds. The van der Waals surface area contributed by atoms with Crippen LogP contribution in [-0.4, -0.2) is 55.3 Å². The van der Waals surface area contributed by atoms with E-state index < -0.39 is 0 Å². The highest BCUT2D eigenvalue weighted by Crippen LogP contribution is 2.37. The molecule has 7 heteroatoms. The lowest BCUT2D eigenvalue weighted by Crippen LogP contribution is -2.51. The molecule has 2 unspecified atom stereocenters. The molecule has 0 radical (unpaired) electrons. The molecule has 2 saturated heterocycles. The molecule has 2 aromatic rings. The third kappa shape index (κ3) is 3.63. The van der Waals surface area contributed by atoms with E-state index in [4.69, 9.17) is 9.72 Å². The minimum Gasteiger partial charge on any atom is -0.376 e. The van der Waals surface area contributed by atoms with Crippen molar-refractivity contribution < 1.29 is 9.53 Å². The summed E-state index contributed by atoms with van der Waals surface area (Å²) in [5, 5.41) is 7.61. The predicted octanol–water partition coefficient (Wildman–Crippen LogP) is 2.93. The number of nitrogens with one attached hydrogen (secondary N) is 2. The Morgan fingerprint density at radius 2 is 2.00 bits per heavy atom. The van der Waals surface area contributed by atoms with Gasteiger partial charge in [-0.15, -0.1) is 0 Å². The van der Waals surface area contributed by atoms with E-state index in [1.165, 1.54) is 25.7 Å². The number of benzene rings is 1. The zero-order valence-corrected chi connectivity index (χ0v) is 17.0. The van der Waals surface area contributed by atoms with Crippen molar-refractivity contribution in [3.8, 4) is 0 Å². The predicted molar refractivity (Wildman–Crippen MR) is 112 cm³/mol. The van der Waals surface area contributed by atoms with Crippen molar-refractivity contribution in [2.45, 2.75) is 56.7 Å². The van der Waals surface area contributed by atoms with Crippen LogP contribution in [0.1, 0.15) is 48.9 Å². The van der Waals surface area contributed by atoms with E-state index in [0.717, 1.165) is 41.3 Å². The molecule has 5 rings (SSSR count). The Labute approximate surface area is 169 Å². The SMILES string of the molecule is O=C(NCCOC1CCCC1)c1ccc2nc(N3C4CCC3CNC4)sc2c1. The number of anilines is 1. The number of ether oxygens (including phenoxy) is 1. The standard InChI is InChI=1S/C21H28N4O2S/c26-20(23-9-10-27-17-3-1-2-4-17)14-5-8-18-19(11-14)28-21(24-18)25-15-6-7-16(25)13-22-12-15/h5,8,11,15-17,22H,1-4,6-7,9-10,12-13H2,(H,23,26). The van der Waals surface area contributed by atoms with E-state index in [-0.39, 0.29) is 5.91 Å². The monoisotopic (exact) mass is 400 g/mol. The topological polar surface area (TPSA) is 66.5 Å². The fourth-order valence-corrected chi connectivity index (χ4v) is 5.95. The van der Waals surface area contributed by atoms with Crippen LogP contribution in [0.4, 0.5) is 5.13 Å². The summed E-state index contributed by atoms with van der Waals surface area (Å²) in [4.78, 5) is 19.9. The molecule has 3 fully saturated rings. The van der Waals surface area contributed by atoms with Crippen molar-refractivity contribution in [2.75, 3.05) is 31.1 Å². The molecule has 1 aromatic carbocycles. The van der Waals surface area contributed by atoms with Gasteiger partial charge in [-0.3, -0.25) is 4.79 Å². The average Bonchev–Trinajstić information content (AvgIpc) is 3.42. The zero-order valence-electron chi connectivity index (χ0n) is 16.2. The van der Waals surface area contributed by atoms with Gasteiger partial charge in [-0.25, -0.2) is 4.98 Å². The van der Waals surface area contributed by atoms with Gasteiger partial charge in [0.25, 0.3) is 5.91 Å². The Balaban J connectivity index is 1.23. The van der Waals surface area contributed by atoms with E-state index in [1.807, 2.05) is 18.2 Å². The first-order valence-electron chi connectivity index (χ1n) is 10.6. The maximum Gasteiger partial charge on any atom is 0.251 e. The number of rotatable bonds is 6. The van der Waals surface area contributed by atoms with Crippen LogP contribution >= 0.6 is 11.3 Å². The molecule has 6 nitrogen and oxygen atoms in total. The smallest absolute Gasteiger partial charge is 0.251 e. The minimum absolute atomic E-state index is 0.0332. The Kier molecular flexibility index (Phi) is 5.22. The Morgan fingerprint density at radius 1 is 1.21 bits per heavy atom. The van der Waals surface area contributed by atoms with Gasteiger partial charge in [0.15, 0.2) is 5.13 Å². The first-order valence-corrected chi connectivity index (χ1v) is 11.4. The maximum atomic E-state index is 12.5. The van der Waals surface area contributed by atoms with Crippen LogP contribution in [0.15, 0.2) is 18.2 Å². The third-order valence-corrected chi connectivity index (χ3v) is 7.31. The quantitative estimate of drug-likeness (QED) is 0.730. The zero-order chi connectivity index (χ0) is 18.9. The first kappa shape index (κ1) is 18.3. The molecular formula is C21H28N4O2S. The van der Waals surface area contributed by atoms with Crippen LogP contribution in [0, 0.1) is 0 Å². The van der Waals surface area contributed by atoms with Gasteiger partial charge in [-0.1, -0.05) is 24.2 Å². The fourth-order valence-electron chi connectivity index (χ4n) is 4.80. The van der Waals surface area contributed by atoms with Crippen LogP contribution in [0.2, 0.25) is 0 Å². The number of amides is 1. The second-order valence-electron chi connectivity index (χ2n) is 8.16. The molecule has 28 heavy (non-hydrogen) atoms. The van der Waals surface area contributed by atoms with Crippen molar-refractivity contribution in [3.05, 3.63) is 23.8 Å². The molecule has 3 heterocycles. The van der Waals surface area contributed by atoms with Gasteiger partial charge < -0.3 is 20.3 Å². The number of thiazole rings is 1. The van der Waals surface area contributed by atoms with Crippen LogP contribution in [0.5, 0.6) is 0 Å². The highest BCUT2D eigenvalue weighted by Gasteiger charge is 2.38. The van der Waals surface area contributed by atoms with Crippen LogP contribution in [0.25, 0.3) is 10.2 Å². The van der Waals surface area contributed by atoms with E-state index >= 15 is 0 Å². The lowest BCUT2D eigenvalue weighted by Gasteiger charge is -2.35. The summed E-state index contributed by atoms with van der Waals surface area (Å²) in [6, 6.07) is 6.95. The van der Waals surface area contributed by atoms with E-state index in [1.54, 1.807) is 11.3 Å². The number of nitrogens with zero attached hydrogens (tertiary/aromatic N) is 2. The van der Waals surface area contributed by atoms with Crippen molar-refractivity contribution in [1.29, 1.82) is 0 Å². The van der Waals surface area contributed by atoms with Gasteiger partial charge in [0.2, 0.25) is 0 Å². The maximum absolute atomic E-state index is 12.5. The van der Waals surface area contributed by atoms with E-state index in [2.05, 4.69) is 15.5 Å². The Hall–Kier alpha value is -1.70. The lowest BCUT2D eigenvalue weighted by molar-refractivity contribution is 0.0582. The van der Waals surface area contributed by atoms with E-state index in [9.17, 15) is 4.79 Å². The van der Waals surface area contributed by atoms with Crippen LogP contribution in [0.3, 0.4) is 0 Å². The molecule has 2 aliphatic heterocycles. The number of hydrogen-bond donors (Lipinski definition) is 2. The summed E-state index contributed by atoms with van der Waals surface area (Å²) in [5.41, 5.74) is 1.69. The van der Waals surface area contributed by atoms with Crippen LogP contribution < -0.4 is 15.5 Å². The van der Waals surface area contributed by atoms with Gasteiger partial charge >= 0.3 is 0 Å². The molecule has 2 atom stereocenters. The number of aromatic nitrogens is 1. The average molecular weight is 401 g/mol. The molecule has 1 saturated carbocycles. The third-order valence-electron chi connectivity index (χ3n) is 6.28. The summed E-state index contributed by atoms with van der Waals surface area (Å²) in [5.74, 6) is -0.0332. The van der Waals surface area contributed by atoms with Gasteiger partial charge in [0.1, 0.15) is 0 Å². The largest absolute Gasteiger partial charge is 0.376 e. The number of fused-ring (bicyclic) bond motifs is 3. The van der Waals surface area contributed by atoms with E-state index in [0.29, 0.717) is 36.9 Å². The number of carbonyl (C=O) groups excluding carboxylic acids is 1. The fraction of sp³-hybridized carbons (Fsp3) is 0.619. The lowest BCUT2D eigenvalue weighted by atomic mass is 10.2. The minimum atomic E-state index is -0.0332. The van der Waals surface area contributed by atoms with Crippen molar-refractivity contribution in [2.24, 2.45) is 0 Å². The number of carbonyl (C=O) groups is 1. The summed E-state index contributed by atoms with van der Waals surface area (Å²) >= 11 is 1.71. The molecule has 150 valence electrons. The molecule has 2 bridgehead atoms. The molecule has 0 spiro atoms. The van der Waals surface area contributed by atoms with Gasteiger partial charge in [-0.2, -0.15) is 0 Å². The summed E-state index contributed by atoms with van der Waals surface area (Å²) < 4.78 is 6.91. The van der Waals surface area contributed by atoms with Crippen molar-refractivity contribution in [3.63, 3.8) is 0 Å². The van der Waals surface area contributed by atoms with Crippen LogP contribution in [-0.2, 0) is 4.74 Å². The first-order chi connectivity index (χ1) is 13.8. The molecule has 3 aliphatic rings. The van der Waals surface area contributed by atoms with Gasteiger partial charge in [0, 0.05) is 37.3 Å². The number of piperazine rings is 1. The second-order valence-corrected chi connectivity index (χ2v) is 9.17. The number of hydrogen-bond acceptors (Lipinski definition) is 6. The summed E-state index contributed by atoms with van der Waals surface area (Å²) in [7, 11) is 0. The van der Waals surface area contributed by atoms with Crippen molar-refractivity contribution >= 4 is 32.6 Å². The summed E-state index contributed by atoms with van der Waals surface area (Å²) in [6.07, 6.45) is 7.73. The summed E-state index contributed by atoms with van der Waals surface area (Å²) in [6.45, 7) is 3.24. The molecule has 1 aromatic heterocycles. The van der Waals surface area contributed by atoms with Crippen molar-refractivity contribution in [1.82, 2.24) is 15.6 Å². The highest BCUT2D eigenvalue weighted by molar-refractivity contribution is 7.22. The Bertz CT molecular complexity index is 832. The Morgan fingerprint density at radius 3 is 2.79 bits per heavy atom.